The van der Waals surface area contributed by atoms with E-state index in [9.17, 15) is 18.0 Å². The third-order valence-electron chi connectivity index (χ3n) is 1.57. The SMILES string of the molecule is O=CC(Cl)c1cnccc1C(F)(F)F. The van der Waals surface area contributed by atoms with Crippen molar-refractivity contribution in [3.8, 4) is 0 Å². The number of alkyl halides is 4. The summed E-state index contributed by atoms with van der Waals surface area (Å²) in [6.07, 6.45) is -2.35. The number of nitrogens with zero attached hydrogens (tertiary/aromatic N) is 1. The summed E-state index contributed by atoms with van der Waals surface area (Å²) in [7, 11) is 0. The lowest BCUT2D eigenvalue weighted by atomic mass is 10.1. The van der Waals surface area contributed by atoms with Gasteiger partial charge in [-0.2, -0.15) is 13.2 Å². The quantitative estimate of drug-likeness (QED) is 0.570. The van der Waals surface area contributed by atoms with Crippen LogP contribution >= 0.6 is 11.6 Å². The highest BCUT2D eigenvalue weighted by atomic mass is 35.5. The van der Waals surface area contributed by atoms with Gasteiger partial charge in [0, 0.05) is 18.0 Å². The van der Waals surface area contributed by atoms with Crippen molar-refractivity contribution in [1.82, 2.24) is 4.98 Å². The Morgan fingerprint density at radius 2 is 2.14 bits per heavy atom. The van der Waals surface area contributed by atoms with Gasteiger partial charge in [0.25, 0.3) is 0 Å². The minimum Gasteiger partial charge on any atom is -0.301 e. The van der Waals surface area contributed by atoms with E-state index in [-0.39, 0.29) is 11.8 Å². The predicted molar refractivity (Wildman–Crippen MR) is 43.9 cm³/mol. The highest BCUT2D eigenvalue weighted by Crippen LogP contribution is 2.35. The Hall–Kier alpha value is -1.10. The molecule has 0 amide bonds. The van der Waals surface area contributed by atoms with Crippen LogP contribution in [0.4, 0.5) is 13.2 Å². The molecule has 1 aromatic heterocycles. The van der Waals surface area contributed by atoms with E-state index in [1.165, 1.54) is 0 Å². The van der Waals surface area contributed by atoms with Crippen molar-refractivity contribution in [2.45, 2.75) is 11.6 Å². The van der Waals surface area contributed by atoms with E-state index in [1.807, 2.05) is 0 Å². The molecule has 1 heterocycles. The van der Waals surface area contributed by atoms with Crippen LogP contribution in [0.3, 0.4) is 0 Å². The summed E-state index contributed by atoms with van der Waals surface area (Å²) < 4.78 is 37.0. The fourth-order valence-electron chi connectivity index (χ4n) is 0.958. The average molecular weight is 224 g/mol. The van der Waals surface area contributed by atoms with Gasteiger partial charge in [0.1, 0.15) is 11.7 Å². The molecule has 1 aromatic rings. The first-order valence-electron chi connectivity index (χ1n) is 3.57. The van der Waals surface area contributed by atoms with Gasteiger partial charge in [-0.3, -0.25) is 4.98 Å². The molecule has 0 aliphatic heterocycles. The van der Waals surface area contributed by atoms with Crippen LogP contribution in [-0.2, 0) is 11.0 Å². The van der Waals surface area contributed by atoms with Crippen LogP contribution in [0.2, 0.25) is 0 Å². The Labute approximate surface area is 82.7 Å². The third-order valence-corrected chi connectivity index (χ3v) is 1.91. The molecule has 0 aliphatic rings. The van der Waals surface area contributed by atoms with E-state index in [2.05, 4.69) is 4.98 Å². The lowest BCUT2D eigenvalue weighted by Crippen LogP contribution is -2.11. The fraction of sp³-hybridized carbons (Fsp3) is 0.250. The van der Waals surface area contributed by atoms with E-state index in [0.717, 1.165) is 18.5 Å². The standard InChI is InChI=1S/C8H5ClF3NO/c9-7(4-14)5-3-13-2-1-6(5)8(10,11)12/h1-4,7H. The fourth-order valence-corrected chi connectivity index (χ4v) is 1.13. The summed E-state index contributed by atoms with van der Waals surface area (Å²) in [5.41, 5.74) is -1.25. The van der Waals surface area contributed by atoms with Gasteiger partial charge >= 0.3 is 6.18 Å². The number of carbonyl (C=O) groups is 1. The zero-order valence-electron chi connectivity index (χ0n) is 6.75. The number of hydrogen-bond acceptors (Lipinski definition) is 2. The number of halogens is 4. The molecule has 1 rings (SSSR count). The number of carbonyl (C=O) groups excluding carboxylic acids is 1. The number of aromatic nitrogens is 1. The van der Waals surface area contributed by atoms with Crippen molar-refractivity contribution in [1.29, 1.82) is 0 Å². The zero-order chi connectivity index (χ0) is 10.8. The van der Waals surface area contributed by atoms with Crippen LogP contribution in [0.25, 0.3) is 0 Å². The Balaban J connectivity index is 3.22. The molecule has 0 saturated heterocycles. The topological polar surface area (TPSA) is 30.0 Å². The number of hydrogen-bond donors (Lipinski definition) is 0. The second kappa shape index (κ2) is 3.96. The van der Waals surface area contributed by atoms with Crippen LogP contribution < -0.4 is 0 Å². The summed E-state index contributed by atoms with van der Waals surface area (Å²) in [5.74, 6) is 0. The van der Waals surface area contributed by atoms with Crippen molar-refractivity contribution < 1.29 is 18.0 Å². The lowest BCUT2D eigenvalue weighted by Gasteiger charge is -2.12. The van der Waals surface area contributed by atoms with Crippen molar-refractivity contribution in [3.05, 3.63) is 29.6 Å². The molecule has 0 bridgehead atoms. The maximum absolute atomic E-state index is 12.3. The number of pyridine rings is 1. The molecule has 2 nitrogen and oxygen atoms in total. The lowest BCUT2D eigenvalue weighted by molar-refractivity contribution is -0.138. The average Bonchev–Trinajstić information content (AvgIpc) is 2.15. The van der Waals surface area contributed by atoms with Gasteiger partial charge < -0.3 is 4.79 Å². The Bertz CT molecular complexity index is 340. The third kappa shape index (κ3) is 2.23. The molecule has 0 radical (unpaired) electrons. The molecule has 0 N–H and O–H groups in total. The van der Waals surface area contributed by atoms with Gasteiger partial charge in [0.15, 0.2) is 0 Å². The van der Waals surface area contributed by atoms with Crippen LogP contribution in [0.5, 0.6) is 0 Å². The minimum absolute atomic E-state index is 0.230. The second-order valence-electron chi connectivity index (χ2n) is 2.50. The van der Waals surface area contributed by atoms with Crippen molar-refractivity contribution in [2.75, 3.05) is 0 Å². The van der Waals surface area contributed by atoms with Gasteiger partial charge in [0.2, 0.25) is 0 Å². The molecular formula is C8H5ClF3NO. The largest absolute Gasteiger partial charge is 0.416 e. The summed E-state index contributed by atoms with van der Waals surface area (Å²) in [4.78, 5) is 13.7. The van der Waals surface area contributed by atoms with Crippen LogP contribution in [-0.4, -0.2) is 11.3 Å². The molecule has 0 aliphatic carbocycles. The molecule has 1 atom stereocenters. The summed E-state index contributed by atoms with van der Waals surface area (Å²) in [6, 6.07) is 0.786. The van der Waals surface area contributed by atoms with Gasteiger partial charge in [-0.15, -0.1) is 11.6 Å². The molecule has 0 aromatic carbocycles. The van der Waals surface area contributed by atoms with E-state index in [0.29, 0.717) is 0 Å². The minimum atomic E-state index is -4.52. The first-order valence-corrected chi connectivity index (χ1v) is 4.01. The molecule has 1 unspecified atom stereocenters. The number of rotatable bonds is 2. The van der Waals surface area contributed by atoms with Gasteiger partial charge in [-0.05, 0) is 6.07 Å². The van der Waals surface area contributed by atoms with E-state index >= 15 is 0 Å². The Kier molecular flexibility index (Phi) is 3.10. The highest BCUT2D eigenvalue weighted by molar-refractivity contribution is 6.27. The maximum atomic E-state index is 12.3. The van der Waals surface area contributed by atoms with E-state index in [4.69, 9.17) is 11.6 Å². The van der Waals surface area contributed by atoms with Crippen LogP contribution in [0, 0.1) is 0 Å². The van der Waals surface area contributed by atoms with E-state index < -0.39 is 17.1 Å². The van der Waals surface area contributed by atoms with E-state index in [1.54, 1.807) is 0 Å². The first-order chi connectivity index (χ1) is 6.46. The summed E-state index contributed by atoms with van der Waals surface area (Å²) in [5, 5.41) is -1.32. The van der Waals surface area contributed by atoms with Crippen molar-refractivity contribution in [2.24, 2.45) is 0 Å². The molecule has 0 fully saturated rings. The summed E-state index contributed by atoms with van der Waals surface area (Å²) >= 11 is 5.39. The molecule has 14 heavy (non-hydrogen) atoms. The van der Waals surface area contributed by atoms with Gasteiger partial charge in [-0.25, -0.2) is 0 Å². The Morgan fingerprint density at radius 3 is 2.64 bits per heavy atom. The maximum Gasteiger partial charge on any atom is 0.416 e. The first kappa shape index (κ1) is 11.0. The van der Waals surface area contributed by atoms with Gasteiger partial charge in [0.05, 0.1) is 5.56 Å². The molecule has 6 heteroatoms. The second-order valence-corrected chi connectivity index (χ2v) is 2.97. The smallest absolute Gasteiger partial charge is 0.301 e. The number of aldehydes is 1. The molecule has 0 saturated carbocycles. The zero-order valence-corrected chi connectivity index (χ0v) is 7.51. The highest BCUT2D eigenvalue weighted by Gasteiger charge is 2.34. The monoisotopic (exact) mass is 223 g/mol. The van der Waals surface area contributed by atoms with Gasteiger partial charge in [-0.1, -0.05) is 0 Å². The van der Waals surface area contributed by atoms with Crippen LogP contribution in [0.1, 0.15) is 16.5 Å². The normalized spacial score (nSPS) is 13.7. The Morgan fingerprint density at radius 1 is 1.50 bits per heavy atom. The predicted octanol–water partition coefficient (Wildman–Crippen LogP) is 2.58. The van der Waals surface area contributed by atoms with Crippen LogP contribution in [0.15, 0.2) is 18.5 Å². The molecule has 76 valence electrons. The summed E-state index contributed by atoms with van der Waals surface area (Å²) in [6.45, 7) is 0. The molecule has 0 spiro atoms. The molecular weight excluding hydrogens is 219 g/mol. The van der Waals surface area contributed by atoms with Crippen molar-refractivity contribution >= 4 is 17.9 Å². The van der Waals surface area contributed by atoms with Crippen molar-refractivity contribution in [3.63, 3.8) is 0 Å².